The van der Waals surface area contributed by atoms with Gasteiger partial charge in [-0.1, -0.05) is 26.7 Å². The summed E-state index contributed by atoms with van der Waals surface area (Å²) in [5.41, 5.74) is -1.73. The molecule has 1 saturated heterocycles. The van der Waals surface area contributed by atoms with Gasteiger partial charge in [0.2, 0.25) is 0 Å². The van der Waals surface area contributed by atoms with Crippen molar-refractivity contribution in [1.29, 1.82) is 0 Å². The molecule has 1 rings (SSSR count). The molecular formula is C14H25NO5SSi. The summed E-state index contributed by atoms with van der Waals surface area (Å²) in [6.07, 6.45) is 5.00. The highest BCUT2D eigenvalue weighted by molar-refractivity contribution is 7.84. The van der Waals surface area contributed by atoms with Gasteiger partial charge in [0.15, 0.2) is 19.6 Å². The Morgan fingerprint density at radius 3 is 2.41 bits per heavy atom. The molecule has 6 nitrogen and oxygen atoms in total. The van der Waals surface area contributed by atoms with E-state index >= 15 is 0 Å². The molecule has 0 aromatic rings. The zero-order valence-corrected chi connectivity index (χ0v) is 15.8. The third kappa shape index (κ3) is 3.78. The van der Waals surface area contributed by atoms with Gasteiger partial charge >= 0.3 is 10.3 Å². The van der Waals surface area contributed by atoms with E-state index in [-0.39, 0.29) is 18.1 Å². The van der Waals surface area contributed by atoms with Crippen LogP contribution in [-0.4, -0.2) is 40.8 Å². The van der Waals surface area contributed by atoms with E-state index in [2.05, 4.69) is 31.4 Å². The molecule has 0 aromatic heterocycles. The third-order valence-electron chi connectivity index (χ3n) is 4.41. The van der Waals surface area contributed by atoms with Crippen molar-refractivity contribution in [3.8, 4) is 12.3 Å². The third-order valence-corrected chi connectivity index (χ3v) is 9.95. The van der Waals surface area contributed by atoms with Gasteiger partial charge in [0, 0.05) is 6.42 Å². The van der Waals surface area contributed by atoms with Crippen molar-refractivity contribution in [1.82, 2.24) is 4.72 Å². The minimum absolute atomic E-state index is 0.0780. The standard InChI is InChI=1S/C14H25NO5SSi/c1-8-14(11(2)16)12(9-10-19-21(17,18)15-14)20-22(6,7)13(3,4)5/h1,12,15H,9-10H2,2-7H3/t12-,14-/m1/s1. The molecule has 0 aromatic carbocycles. The molecule has 2 atom stereocenters. The van der Waals surface area contributed by atoms with Crippen LogP contribution in [0.15, 0.2) is 0 Å². The molecule has 1 heterocycles. The lowest BCUT2D eigenvalue weighted by Gasteiger charge is -2.43. The molecule has 0 spiro atoms. The number of nitrogens with one attached hydrogen (secondary N) is 1. The summed E-state index contributed by atoms with van der Waals surface area (Å²) in [5, 5.41) is -0.101. The van der Waals surface area contributed by atoms with Gasteiger partial charge in [-0.15, -0.1) is 6.42 Å². The van der Waals surface area contributed by atoms with Crippen LogP contribution in [0.1, 0.15) is 34.1 Å². The predicted molar refractivity (Wildman–Crippen MR) is 86.9 cm³/mol. The van der Waals surface area contributed by atoms with Crippen LogP contribution in [0.4, 0.5) is 0 Å². The summed E-state index contributed by atoms with van der Waals surface area (Å²) in [6.45, 7) is 11.4. The van der Waals surface area contributed by atoms with Gasteiger partial charge in [0.25, 0.3) is 0 Å². The van der Waals surface area contributed by atoms with Gasteiger partial charge in [-0.05, 0) is 25.1 Å². The Kier molecular flexibility index (Phi) is 5.32. The Morgan fingerprint density at radius 1 is 1.45 bits per heavy atom. The maximum absolute atomic E-state index is 12.1. The first-order valence-corrected chi connectivity index (χ1v) is 11.4. The fourth-order valence-corrected chi connectivity index (χ4v) is 4.44. The second-order valence-corrected chi connectivity index (χ2v) is 13.1. The van der Waals surface area contributed by atoms with Crippen molar-refractivity contribution in [2.75, 3.05) is 6.61 Å². The zero-order valence-electron chi connectivity index (χ0n) is 14.0. The number of hydrogen-bond donors (Lipinski definition) is 1. The quantitative estimate of drug-likeness (QED) is 0.619. The highest BCUT2D eigenvalue weighted by atomic mass is 32.2. The van der Waals surface area contributed by atoms with Gasteiger partial charge in [-0.3, -0.25) is 8.98 Å². The first kappa shape index (κ1) is 19.3. The summed E-state index contributed by atoms with van der Waals surface area (Å²) in [5.74, 6) is 1.84. The van der Waals surface area contributed by atoms with Gasteiger partial charge in [0.05, 0.1) is 12.7 Å². The van der Waals surface area contributed by atoms with Crippen LogP contribution in [0.5, 0.6) is 0 Å². The molecule has 0 aliphatic carbocycles. The predicted octanol–water partition coefficient (Wildman–Crippen LogP) is 1.59. The van der Waals surface area contributed by atoms with Gasteiger partial charge in [0.1, 0.15) is 0 Å². The van der Waals surface area contributed by atoms with Gasteiger partial charge < -0.3 is 4.43 Å². The molecule has 22 heavy (non-hydrogen) atoms. The lowest BCUT2D eigenvalue weighted by atomic mass is 9.88. The zero-order chi connectivity index (χ0) is 17.4. The van der Waals surface area contributed by atoms with Crippen LogP contribution in [0.25, 0.3) is 0 Å². The Morgan fingerprint density at radius 2 is 2.00 bits per heavy atom. The van der Waals surface area contributed by atoms with Crippen molar-refractivity contribution >= 4 is 24.4 Å². The molecule has 0 radical (unpaired) electrons. The minimum atomic E-state index is -4.09. The van der Waals surface area contributed by atoms with E-state index in [1.54, 1.807) is 0 Å². The largest absolute Gasteiger partial charge is 0.410 e. The van der Waals surface area contributed by atoms with Crippen LogP contribution >= 0.6 is 0 Å². The summed E-state index contributed by atoms with van der Waals surface area (Å²) >= 11 is 0. The van der Waals surface area contributed by atoms with E-state index in [0.29, 0.717) is 0 Å². The first-order chi connectivity index (χ1) is 9.77. The van der Waals surface area contributed by atoms with Gasteiger partial charge in [-0.2, -0.15) is 13.1 Å². The number of Topliss-reactive ketones (excluding diaryl/α,β-unsaturated/α-hetero) is 1. The topological polar surface area (TPSA) is 81.7 Å². The molecule has 1 aliphatic heterocycles. The summed E-state index contributed by atoms with van der Waals surface area (Å²) in [6, 6.07) is 0. The van der Waals surface area contributed by atoms with E-state index < -0.39 is 36.0 Å². The monoisotopic (exact) mass is 347 g/mol. The molecule has 1 fully saturated rings. The molecule has 1 aliphatic rings. The number of rotatable bonds is 3. The molecule has 8 heteroatoms. The highest BCUT2D eigenvalue weighted by Crippen LogP contribution is 2.39. The van der Waals surface area contributed by atoms with E-state index in [0.717, 1.165) is 0 Å². The normalized spacial score (nSPS) is 29.4. The van der Waals surface area contributed by atoms with Crippen LogP contribution in [0.2, 0.25) is 18.1 Å². The Labute approximate surface area is 134 Å². The molecule has 0 amide bonds. The van der Waals surface area contributed by atoms with Crippen molar-refractivity contribution < 1.29 is 21.8 Å². The van der Waals surface area contributed by atoms with Crippen LogP contribution in [-0.2, 0) is 23.7 Å². The molecular weight excluding hydrogens is 322 g/mol. The minimum Gasteiger partial charge on any atom is -0.410 e. The molecule has 0 saturated carbocycles. The molecule has 0 unspecified atom stereocenters. The molecule has 126 valence electrons. The Bertz CT molecular complexity index is 587. The smallest absolute Gasteiger partial charge is 0.337 e. The lowest BCUT2D eigenvalue weighted by Crippen LogP contribution is -2.62. The first-order valence-electron chi connectivity index (χ1n) is 7.12. The average Bonchev–Trinajstić information content (AvgIpc) is 2.44. The van der Waals surface area contributed by atoms with Gasteiger partial charge in [-0.25, -0.2) is 0 Å². The van der Waals surface area contributed by atoms with Crippen LogP contribution < -0.4 is 4.72 Å². The maximum atomic E-state index is 12.1. The van der Waals surface area contributed by atoms with E-state index in [1.807, 2.05) is 13.1 Å². The summed E-state index contributed by atoms with van der Waals surface area (Å²) < 4.78 is 36.9. The Balaban J connectivity index is 3.31. The number of ketones is 1. The number of hydrogen-bond acceptors (Lipinski definition) is 5. The SMILES string of the molecule is C#C[C@]1(C(C)=O)NS(=O)(=O)OCC[C@H]1O[Si](C)(C)C(C)(C)C. The average molecular weight is 348 g/mol. The molecule has 1 N–H and O–H groups in total. The van der Waals surface area contributed by atoms with Crippen molar-refractivity contribution in [2.24, 2.45) is 0 Å². The van der Waals surface area contributed by atoms with Crippen LogP contribution in [0.3, 0.4) is 0 Å². The van der Waals surface area contributed by atoms with Crippen molar-refractivity contribution in [2.45, 2.75) is 63.9 Å². The lowest BCUT2D eigenvalue weighted by molar-refractivity contribution is -0.123. The fourth-order valence-electron chi connectivity index (χ4n) is 1.98. The van der Waals surface area contributed by atoms with E-state index in [4.69, 9.17) is 15.0 Å². The van der Waals surface area contributed by atoms with E-state index in [9.17, 15) is 13.2 Å². The highest BCUT2D eigenvalue weighted by Gasteiger charge is 2.51. The number of carbonyl (C=O) groups is 1. The second-order valence-electron chi connectivity index (χ2n) is 7.04. The fraction of sp³-hybridized carbons (Fsp3) is 0.786. The van der Waals surface area contributed by atoms with E-state index in [1.165, 1.54) is 6.92 Å². The number of terminal acetylenes is 1. The Hall–Kier alpha value is -0.723. The molecule has 0 bridgehead atoms. The van der Waals surface area contributed by atoms with Crippen molar-refractivity contribution in [3.05, 3.63) is 0 Å². The summed E-state index contributed by atoms with van der Waals surface area (Å²) in [7, 11) is -6.34. The van der Waals surface area contributed by atoms with Crippen molar-refractivity contribution in [3.63, 3.8) is 0 Å². The second kappa shape index (κ2) is 6.05. The maximum Gasteiger partial charge on any atom is 0.337 e. The van der Waals surface area contributed by atoms with Crippen LogP contribution in [0, 0.1) is 12.3 Å². The number of carbonyl (C=O) groups excluding carboxylic acids is 1. The summed E-state index contributed by atoms with van der Waals surface area (Å²) in [4.78, 5) is 12.1.